The number of benzene rings is 1. The Hall–Kier alpha value is -3.00. The van der Waals surface area contributed by atoms with E-state index < -0.39 is 4.92 Å². The van der Waals surface area contributed by atoms with Crippen LogP contribution in [0.5, 0.6) is 0 Å². The van der Waals surface area contributed by atoms with Crippen LogP contribution in [-0.2, 0) is 11.2 Å². The molecule has 0 aliphatic heterocycles. The second-order valence-corrected chi connectivity index (χ2v) is 7.33. The summed E-state index contributed by atoms with van der Waals surface area (Å²) in [7, 11) is 0. The molecule has 0 aliphatic carbocycles. The van der Waals surface area contributed by atoms with Crippen LogP contribution in [-0.4, -0.2) is 25.9 Å². The summed E-state index contributed by atoms with van der Waals surface area (Å²) in [5.41, 5.74) is 1.96. The van der Waals surface area contributed by atoms with Gasteiger partial charge in [0.2, 0.25) is 6.41 Å². The van der Waals surface area contributed by atoms with Crippen LogP contribution in [0.2, 0.25) is 0 Å². The zero-order valence-corrected chi connectivity index (χ0v) is 15.7. The smallest absolute Gasteiger partial charge is 0.270 e. The lowest BCUT2D eigenvalue weighted by molar-refractivity contribution is -0.385. The molecular formula is C19H18N4O3S. The number of hydrogen-bond acceptors (Lipinski definition) is 6. The highest BCUT2D eigenvalue weighted by molar-refractivity contribution is 7.99. The molecule has 138 valence electrons. The van der Waals surface area contributed by atoms with Gasteiger partial charge in [-0.05, 0) is 23.6 Å². The molecular weight excluding hydrogens is 364 g/mol. The van der Waals surface area contributed by atoms with Crippen molar-refractivity contribution in [3.05, 3.63) is 76.1 Å². The summed E-state index contributed by atoms with van der Waals surface area (Å²) in [5, 5.41) is 11.0. The van der Waals surface area contributed by atoms with Crippen LogP contribution in [0.3, 0.4) is 0 Å². The minimum Gasteiger partial charge on any atom is -0.278 e. The van der Waals surface area contributed by atoms with Crippen molar-refractivity contribution in [2.45, 2.75) is 36.0 Å². The van der Waals surface area contributed by atoms with E-state index in [1.165, 1.54) is 22.4 Å². The molecule has 2 aromatic heterocycles. The summed E-state index contributed by atoms with van der Waals surface area (Å²) < 4.78 is 1.44. The first-order chi connectivity index (χ1) is 13.0. The average Bonchev–Trinajstić information content (AvgIpc) is 3.09. The van der Waals surface area contributed by atoms with Gasteiger partial charge in [-0.2, -0.15) is 0 Å². The van der Waals surface area contributed by atoms with Crippen molar-refractivity contribution in [1.82, 2.24) is 14.5 Å². The minimum atomic E-state index is -0.398. The molecule has 0 radical (unpaired) electrons. The van der Waals surface area contributed by atoms with Crippen molar-refractivity contribution in [2.24, 2.45) is 0 Å². The monoisotopic (exact) mass is 382 g/mol. The number of nitro groups is 1. The van der Waals surface area contributed by atoms with Gasteiger partial charge in [0.15, 0.2) is 0 Å². The zero-order valence-electron chi connectivity index (χ0n) is 14.9. The lowest BCUT2D eigenvalue weighted by Gasteiger charge is -2.16. The Morgan fingerprint density at radius 3 is 2.78 bits per heavy atom. The van der Waals surface area contributed by atoms with E-state index in [2.05, 4.69) is 23.8 Å². The molecule has 3 aromatic rings. The summed E-state index contributed by atoms with van der Waals surface area (Å²) in [6, 6.07) is 8.48. The maximum atomic E-state index is 11.1. The van der Waals surface area contributed by atoms with Crippen molar-refractivity contribution >= 4 is 23.9 Å². The number of pyridine rings is 1. The summed E-state index contributed by atoms with van der Waals surface area (Å²) in [6.45, 7) is 4.15. The van der Waals surface area contributed by atoms with E-state index in [1.807, 2.05) is 12.1 Å². The number of nitrogens with zero attached hydrogens (tertiary/aromatic N) is 4. The Balaban J connectivity index is 1.97. The minimum absolute atomic E-state index is 0.0633. The molecule has 0 fully saturated rings. The average molecular weight is 382 g/mol. The maximum Gasteiger partial charge on any atom is 0.270 e. The van der Waals surface area contributed by atoms with E-state index >= 15 is 0 Å². The number of imidazole rings is 1. The molecule has 0 aliphatic rings. The van der Waals surface area contributed by atoms with Crippen LogP contribution in [0.1, 0.15) is 36.8 Å². The Bertz CT molecular complexity index is 985. The van der Waals surface area contributed by atoms with Crippen molar-refractivity contribution in [3.8, 4) is 0 Å². The highest BCUT2D eigenvalue weighted by atomic mass is 32.2. The normalized spacial score (nSPS) is 10.9. The second-order valence-electron chi connectivity index (χ2n) is 6.21. The topological polar surface area (TPSA) is 90.9 Å². The molecule has 0 N–H and O–H groups in total. The Kier molecular flexibility index (Phi) is 5.66. The fourth-order valence-corrected chi connectivity index (χ4v) is 4.03. The number of hydrogen-bond donors (Lipinski definition) is 0. The lowest BCUT2D eigenvalue weighted by atomic mass is 9.99. The number of nitro benzene ring substituents is 1. The molecule has 0 spiro atoms. The van der Waals surface area contributed by atoms with Crippen LogP contribution >= 0.6 is 11.8 Å². The molecule has 0 unspecified atom stereocenters. The third kappa shape index (κ3) is 4.22. The molecule has 27 heavy (non-hydrogen) atoms. The highest BCUT2D eigenvalue weighted by Gasteiger charge is 2.17. The molecule has 0 atom stereocenters. The molecule has 8 heteroatoms. The van der Waals surface area contributed by atoms with Crippen LogP contribution in [0.15, 0.2) is 58.7 Å². The van der Waals surface area contributed by atoms with Crippen molar-refractivity contribution < 1.29 is 9.72 Å². The van der Waals surface area contributed by atoms with Gasteiger partial charge in [0.1, 0.15) is 5.82 Å². The van der Waals surface area contributed by atoms with Gasteiger partial charge in [-0.3, -0.25) is 24.5 Å². The molecule has 7 nitrogen and oxygen atoms in total. The third-order valence-electron chi connectivity index (χ3n) is 4.05. The Morgan fingerprint density at radius 2 is 2.07 bits per heavy atom. The van der Waals surface area contributed by atoms with Gasteiger partial charge < -0.3 is 0 Å². The van der Waals surface area contributed by atoms with Gasteiger partial charge >= 0.3 is 0 Å². The van der Waals surface area contributed by atoms with Gasteiger partial charge in [-0.15, -0.1) is 0 Å². The largest absolute Gasteiger partial charge is 0.278 e. The van der Waals surface area contributed by atoms with Crippen LogP contribution < -0.4 is 0 Å². The molecule has 0 saturated carbocycles. The SMILES string of the molecule is CC(C)c1c(Sc2cccc([N+](=O)[O-])c2)ccnc1Cc1nccn1C=O. The fourth-order valence-electron chi connectivity index (χ4n) is 2.86. The molecule has 1 aromatic carbocycles. The van der Waals surface area contributed by atoms with Gasteiger partial charge in [0.25, 0.3) is 5.69 Å². The maximum absolute atomic E-state index is 11.1. The summed E-state index contributed by atoms with van der Waals surface area (Å²) in [6.07, 6.45) is 6.07. The molecule has 0 amide bonds. The fraction of sp³-hybridized carbons (Fsp3) is 0.211. The van der Waals surface area contributed by atoms with Crippen molar-refractivity contribution in [1.29, 1.82) is 0 Å². The van der Waals surface area contributed by atoms with E-state index in [-0.39, 0.29) is 11.6 Å². The van der Waals surface area contributed by atoms with E-state index in [9.17, 15) is 14.9 Å². The summed E-state index contributed by atoms with van der Waals surface area (Å²) in [5.74, 6) is 0.812. The number of aromatic nitrogens is 3. The first-order valence-corrected chi connectivity index (χ1v) is 9.18. The number of carbonyl (C=O) groups excluding carboxylic acids is 1. The highest BCUT2D eigenvalue weighted by Crippen LogP contribution is 2.36. The quantitative estimate of drug-likeness (QED) is 0.347. The Labute approximate surface area is 160 Å². The van der Waals surface area contributed by atoms with Gasteiger partial charge in [-0.25, -0.2) is 4.98 Å². The van der Waals surface area contributed by atoms with E-state index in [1.54, 1.807) is 30.7 Å². The van der Waals surface area contributed by atoms with Crippen LogP contribution in [0.25, 0.3) is 0 Å². The predicted molar refractivity (Wildman–Crippen MR) is 103 cm³/mol. The van der Waals surface area contributed by atoms with Gasteiger partial charge in [-0.1, -0.05) is 31.7 Å². The van der Waals surface area contributed by atoms with E-state index in [0.29, 0.717) is 12.2 Å². The van der Waals surface area contributed by atoms with Crippen LogP contribution in [0.4, 0.5) is 5.69 Å². The summed E-state index contributed by atoms with van der Waals surface area (Å²) >= 11 is 1.47. The van der Waals surface area contributed by atoms with Gasteiger partial charge in [0.05, 0.1) is 10.6 Å². The molecule has 0 bridgehead atoms. The zero-order chi connectivity index (χ0) is 19.4. The Morgan fingerprint density at radius 1 is 1.26 bits per heavy atom. The standard InChI is InChI=1S/C19H18N4O3S/c1-13(2)19-16(11-18-21-8-9-22(18)12-24)20-7-6-17(19)27-15-5-3-4-14(10-15)23(25)26/h3-10,12-13H,11H2,1-2H3. The van der Waals surface area contributed by atoms with Crippen LogP contribution in [0, 0.1) is 10.1 Å². The first-order valence-electron chi connectivity index (χ1n) is 8.36. The predicted octanol–water partition coefficient (Wildman–Crippen LogP) is 4.09. The lowest BCUT2D eigenvalue weighted by Crippen LogP contribution is -2.07. The number of rotatable bonds is 7. The van der Waals surface area contributed by atoms with Gasteiger partial charge in [0, 0.05) is 46.9 Å². The first kappa shape index (κ1) is 18.8. The molecule has 3 rings (SSSR count). The van der Waals surface area contributed by atoms with E-state index in [0.717, 1.165) is 27.5 Å². The molecule has 0 saturated heterocycles. The van der Waals surface area contributed by atoms with Crippen molar-refractivity contribution in [2.75, 3.05) is 0 Å². The summed E-state index contributed by atoms with van der Waals surface area (Å²) in [4.78, 5) is 32.3. The number of non-ortho nitro benzene ring substituents is 1. The molecule has 2 heterocycles. The second kappa shape index (κ2) is 8.13. The third-order valence-corrected chi connectivity index (χ3v) is 5.12. The number of carbonyl (C=O) groups is 1. The van der Waals surface area contributed by atoms with E-state index in [4.69, 9.17) is 0 Å². The van der Waals surface area contributed by atoms with Crippen molar-refractivity contribution in [3.63, 3.8) is 0 Å².